The minimum absolute atomic E-state index is 0.0319. The van der Waals surface area contributed by atoms with Gasteiger partial charge in [-0.3, -0.25) is 9.59 Å². The van der Waals surface area contributed by atoms with Gasteiger partial charge < -0.3 is 9.80 Å². The predicted molar refractivity (Wildman–Crippen MR) is 119 cm³/mol. The summed E-state index contributed by atoms with van der Waals surface area (Å²) >= 11 is 1.77. The average Bonchev–Trinajstić information content (AvgIpc) is 3.19. The van der Waals surface area contributed by atoms with Crippen LogP contribution >= 0.6 is 11.3 Å². The summed E-state index contributed by atoms with van der Waals surface area (Å²) in [6, 6.07) is 10.4. The van der Waals surface area contributed by atoms with E-state index in [1.807, 2.05) is 37.8 Å². The third-order valence-electron chi connectivity index (χ3n) is 5.97. The van der Waals surface area contributed by atoms with E-state index in [1.165, 1.54) is 21.6 Å². The van der Waals surface area contributed by atoms with Gasteiger partial charge in [-0.1, -0.05) is 45.0 Å². The molecule has 2 aromatic rings. The number of hydrogen-bond donors (Lipinski definition) is 0. The molecule has 0 radical (unpaired) electrons. The molecule has 29 heavy (non-hydrogen) atoms. The highest BCUT2D eigenvalue weighted by molar-refractivity contribution is 7.10. The van der Waals surface area contributed by atoms with Crippen molar-refractivity contribution in [3.8, 4) is 0 Å². The Bertz CT molecular complexity index is 873. The molecule has 1 aliphatic rings. The Morgan fingerprint density at radius 2 is 1.90 bits per heavy atom. The van der Waals surface area contributed by atoms with Crippen LogP contribution in [0.1, 0.15) is 61.7 Å². The number of rotatable bonds is 6. The van der Waals surface area contributed by atoms with E-state index < -0.39 is 0 Å². The summed E-state index contributed by atoms with van der Waals surface area (Å²) in [5, 5.41) is 2.12. The SMILES string of the molecule is CC[C@@H](C)N(CC(=O)N1CCc2sccc2[C@H]1c1ccccc1C)C(=O)C(C)C. The molecule has 2 amide bonds. The van der Waals surface area contributed by atoms with Crippen LogP contribution in [-0.4, -0.2) is 40.7 Å². The second-order valence-corrected chi connectivity index (χ2v) is 9.27. The molecule has 4 nitrogen and oxygen atoms in total. The van der Waals surface area contributed by atoms with Gasteiger partial charge in [0.05, 0.1) is 6.04 Å². The highest BCUT2D eigenvalue weighted by Crippen LogP contribution is 2.39. The highest BCUT2D eigenvalue weighted by Gasteiger charge is 2.35. The van der Waals surface area contributed by atoms with Crippen LogP contribution in [0.5, 0.6) is 0 Å². The molecule has 156 valence electrons. The summed E-state index contributed by atoms with van der Waals surface area (Å²) in [6.07, 6.45) is 1.71. The topological polar surface area (TPSA) is 40.6 Å². The highest BCUT2D eigenvalue weighted by atomic mass is 32.1. The number of hydrogen-bond acceptors (Lipinski definition) is 3. The Kier molecular flexibility index (Phi) is 6.78. The first kappa shape index (κ1) is 21.6. The molecular formula is C24H32N2O2S. The third-order valence-corrected chi connectivity index (χ3v) is 6.97. The molecule has 2 heterocycles. The smallest absolute Gasteiger partial charge is 0.243 e. The lowest BCUT2D eigenvalue weighted by Crippen LogP contribution is -2.50. The summed E-state index contributed by atoms with van der Waals surface area (Å²) in [7, 11) is 0. The van der Waals surface area contributed by atoms with Gasteiger partial charge in [0, 0.05) is 23.4 Å². The van der Waals surface area contributed by atoms with E-state index in [4.69, 9.17) is 0 Å². The van der Waals surface area contributed by atoms with Crippen LogP contribution in [0.25, 0.3) is 0 Å². The van der Waals surface area contributed by atoms with Crippen molar-refractivity contribution in [2.45, 2.75) is 59.5 Å². The number of thiophene rings is 1. The number of nitrogens with zero attached hydrogens (tertiary/aromatic N) is 2. The fraction of sp³-hybridized carbons (Fsp3) is 0.500. The Hall–Kier alpha value is -2.14. The number of carbonyl (C=O) groups excluding carboxylic acids is 2. The number of aryl methyl sites for hydroxylation is 1. The molecule has 1 aliphatic heterocycles. The van der Waals surface area contributed by atoms with Crippen LogP contribution in [0, 0.1) is 12.8 Å². The summed E-state index contributed by atoms with van der Waals surface area (Å²) < 4.78 is 0. The van der Waals surface area contributed by atoms with Gasteiger partial charge in [-0.05, 0) is 54.8 Å². The van der Waals surface area contributed by atoms with Gasteiger partial charge in [0.2, 0.25) is 11.8 Å². The largest absolute Gasteiger partial charge is 0.330 e. The second-order valence-electron chi connectivity index (χ2n) is 8.27. The van der Waals surface area contributed by atoms with E-state index in [9.17, 15) is 9.59 Å². The standard InChI is InChI=1S/C24H32N2O2S/c1-6-18(5)26(24(28)16(2)3)15-22(27)25-13-11-21-20(12-14-29-21)23(25)19-10-8-7-9-17(19)4/h7-10,12,14,16,18,23H,6,11,13,15H2,1-5H3/t18-,23-/m1/s1. The van der Waals surface area contributed by atoms with Crippen molar-refractivity contribution in [1.82, 2.24) is 9.80 Å². The zero-order valence-corrected chi connectivity index (χ0v) is 19.0. The van der Waals surface area contributed by atoms with Crippen molar-refractivity contribution < 1.29 is 9.59 Å². The van der Waals surface area contributed by atoms with E-state index in [-0.39, 0.29) is 36.4 Å². The molecule has 0 N–H and O–H groups in total. The molecular weight excluding hydrogens is 380 g/mol. The molecule has 0 aliphatic carbocycles. The zero-order valence-electron chi connectivity index (χ0n) is 18.1. The number of amides is 2. The van der Waals surface area contributed by atoms with Gasteiger partial charge in [0.25, 0.3) is 0 Å². The molecule has 0 fully saturated rings. The Balaban J connectivity index is 1.94. The summed E-state index contributed by atoms with van der Waals surface area (Å²) in [5.41, 5.74) is 3.59. The molecule has 0 saturated heterocycles. The average molecular weight is 413 g/mol. The van der Waals surface area contributed by atoms with Crippen LogP contribution in [-0.2, 0) is 16.0 Å². The number of benzene rings is 1. The van der Waals surface area contributed by atoms with Crippen LogP contribution in [0.3, 0.4) is 0 Å². The van der Waals surface area contributed by atoms with E-state index in [1.54, 1.807) is 16.2 Å². The van der Waals surface area contributed by atoms with E-state index in [0.29, 0.717) is 6.54 Å². The Morgan fingerprint density at radius 3 is 2.55 bits per heavy atom. The Labute approximate surface area is 178 Å². The van der Waals surface area contributed by atoms with Crippen molar-refractivity contribution >= 4 is 23.2 Å². The first-order chi connectivity index (χ1) is 13.8. The van der Waals surface area contributed by atoms with Gasteiger partial charge in [0.1, 0.15) is 6.54 Å². The maximum absolute atomic E-state index is 13.5. The van der Waals surface area contributed by atoms with Gasteiger partial charge in [-0.25, -0.2) is 0 Å². The monoisotopic (exact) mass is 412 g/mol. The first-order valence-corrected chi connectivity index (χ1v) is 11.4. The van der Waals surface area contributed by atoms with Gasteiger partial charge in [0.15, 0.2) is 0 Å². The minimum atomic E-state index is -0.117. The summed E-state index contributed by atoms with van der Waals surface area (Å²) in [4.78, 5) is 31.4. The molecule has 0 unspecified atom stereocenters. The molecule has 5 heteroatoms. The van der Waals surface area contributed by atoms with Crippen molar-refractivity contribution in [2.75, 3.05) is 13.1 Å². The normalized spacial score (nSPS) is 17.2. The van der Waals surface area contributed by atoms with Crippen molar-refractivity contribution in [3.05, 3.63) is 57.3 Å². The number of carbonyl (C=O) groups is 2. The molecule has 2 atom stereocenters. The van der Waals surface area contributed by atoms with Crippen LogP contribution in [0.4, 0.5) is 0 Å². The van der Waals surface area contributed by atoms with Gasteiger partial charge in [-0.2, -0.15) is 0 Å². The fourth-order valence-corrected chi connectivity index (χ4v) is 4.96. The number of fused-ring (bicyclic) bond motifs is 1. The molecule has 1 aromatic heterocycles. The molecule has 3 rings (SSSR count). The minimum Gasteiger partial charge on any atom is -0.330 e. The lowest BCUT2D eigenvalue weighted by Gasteiger charge is -2.39. The molecule has 0 spiro atoms. The second kappa shape index (κ2) is 9.12. The van der Waals surface area contributed by atoms with E-state index >= 15 is 0 Å². The van der Waals surface area contributed by atoms with Crippen LogP contribution < -0.4 is 0 Å². The lowest BCUT2D eigenvalue weighted by atomic mass is 9.90. The Morgan fingerprint density at radius 1 is 1.17 bits per heavy atom. The quantitative estimate of drug-likeness (QED) is 0.683. The molecule has 0 saturated carbocycles. The molecule has 0 bridgehead atoms. The summed E-state index contributed by atoms with van der Waals surface area (Å²) in [6.45, 7) is 10.8. The van der Waals surface area contributed by atoms with Crippen LogP contribution in [0.15, 0.2) is 35.7 Å². The van der Waals surface area contributed by atoms with E-state index in [0.717, 1.165) is 12.8 Å². The predicted octanol–water partition coefficient (Wildman–Crippen LogP) is 4.81. The maximum Gasteiger partial charge on any atom is 0.243 e. The van der Waals surface area contributed by atoms with Crippen molar-refractivity contribution in [3.63, 3.8) is 0 Å². The fourth-order valence-electron chi connectivity index (χ4n) is 4.05. The van der Waals surface area contributed by atoms with Gasteiger partial charge >= 0.3 is 0 Å². The third kappa shape index (κ3) is 4.40. The summed E-state index contributed by atoms with van der Waals surface area (Å²) in [5.74, 6) is -0.0356. The lowest BCUT2D eigenvalue weighted by molar-refractivity contribution is -0.145. The first-order valence-electron chi connectivity index (χ1n) is 10.6. The maximum atomic E-state index is 13.5. The van der Waals surface area contributed by atoms with Crippen LogP contribution in [0.2, 0.25) is 0 Å². The van der Waals surface area contributed by atoms with E-state index in [2.05, 4.69) is 37.4 Å². The van der Waals surface area contributed by atoms with Gasteiger partial charge in [-0.15, -0.1) is 11.3 Å². The van der Waals surface area contributed by atoms with Crippen molar-refractivity contribution in [2.24, 2.45) is 5.92 Å². The molecule has 1 aromatic carbocycles. The zero-order chi connectivity index (χ0) is 21.1. The van der Waals surface area contributed by atoms with Crippen molar-refractivity contribution in [1.29, 1.82) is 0 Å².